The number of rotatable bonds is 4. The Kier molecular flexibility index (Phi) is 6.47. The van der Waals surface area contributed by atoms with E-state index in [2.05, 4.69) is 55.2 Å². The summed E-state index contributed by atoms with van der Waals surface area (Å²) >= 11 is 0. The molecule has 3 aromatic rings. The predicted octanol–water partition coefficient (Wildman–Crippen LogP) is 7.12. The zero-order valence-corrected chi connectivity index (χ0v) is 17.7. The Morgan fingerprint density at radius 1 is 0.839 bits per heavy atom. The zero-order valence-electron chi connectivity index (χ0n) is 17.7. The van der Waals surface area contributed by atoms with E-state index in [1.54, 1.807) is 0 Å². The molecule has 1 aliphatic carbocycles. The number of unbranched alkanes of at least 4 members (excludes halogenated alkanes) is 1. The third-order valence-electron chi connectivity index (χ3n) is 6.04. The maximum absolute atomic E-state index is 13.4. The lowest BCUT2D eigenvalue weighted by molar-refractivity contribution is 0.446. The van der Waals surface area contributed by atoms with E-state index in [0.29, 0.717) is 5.92 Å². The van der Waals surface area contributed by atoms with Crippen molar-refractivity contribution in [2.45, 2.75) is 51.4 Å². The van der Waals surface area contributed by atoms with E-state index in [1.807, 2.05) is 6.07 Å². The summed E-state index contributed by atoms with van der Waals surface area (Å²) in [6.45, 7) is 2.22. The second kappa shape index (κ2) is 9.43. The largest absolute Gasteiger partial charge is 0.204 e. The van der Waals surface area contributed by atoms with Crippen LogP contribution >= 0.6 is 0 Å². The van der Waals surface area contributed by atoms with Crippen molar-refractivity contribution in [3.05, 3.63) is 105 Å². The highest BCUT2D eigenvalue weighted by molar-refractivity contribution is 5.47. The van der Waals surface area contributed by atoms with Crippen molar-refractivity contribution < 1.29 is 13.2 Å². The lowest BCUT2D eigenvalue weighted by Crippen LogP contribution is -2.13. The summed E-state index contributed by atoms with van der Waals surface area (Å²) in [5.41, 5.74) is 6.33. The van der Waals surface area contributed by atoms with Crippen LogP contribution in [0.4, 0.5) is 13.2 Å². The van der Waals surface area contributed by atoms with Crippen LogP contribution in [0.3, 0.4) is 0 Å². The summed E-state index contributed by atoms with van der Waals surface area (Å²) in [4.78, 5) is 0. The van der Waals surface area contributed by atoms with E-state index in [1.165, 1.54) is 35.1 Å². The third-order valence-corrected chi connectivity index (χ3v) is 6.04. The van der Waals surface area contributed by atoms with Crippen LogP contribution in [0.5, 0.6) is 0 Å². The van der Waals surface area contributed by atoms with Crippen LogP contribution in [0, 0.1) is 29.3 Å². The molecule has 0 fully saturated rings. The molecule has 0 amide bonds. The van der Waals surface area contributed by atoms with Gasteiger partial charge in [-0.3, -0.25) is 0 Å². The standard InChI is InChI=1S/C28H25F3/c1-2-3-4-19-7-10-22(11-8-19)24-14-13-23-15-20(9-12-25(23)18-24)5-6-21-16-26(29)28(31)27(30)17-21/h7-12,15-17,24H,2-4,13-14,18H2,1H3. The fourth-order valence-electron chi connectivity index (χ4n) is 4.23. The molecule has 0 radical (unpaired) electrons. The van der Waals surface area contributed by atoms with Crippen LogP contribution in [-0.4, -0.2) is 0 Å². The average molecular weight is 419 g/mol. The van der Waals surface area contributed by atoms with Crippen LogP contribution in [0.25, 0.3) is 0 Å². The Labute approximate surface area is 182 Å². The fourth-order valence-corrected chi connectivity index (χ4v) is 4.23. The summed E-state index contributed by atoms with van der Waals surface area (Å²) < 4.78 is 39.8. The summed E-state index contributed by atoms with van der Waals surface area (Å²) in [5.74, 6) is 2.29. The van der Waals surface area contributed by atoms with Gasteiger partial charge < -0.3 is 0 Å². The molecule has 31 heavy (non-hydrogen) atoms. The maximum atomic E-state index is 13.4. The van der Waals surface area contributed by atoms with Gasteiger partial charge in [-0.15, -0.1) is 0 Å². The quantitative estimate of drug-likeness (QED) is 0.313. The van der Waals surface area contributed by atoms with E-state index < -0.39 is 17.5 Å². The predicted molar refractivity (Wildman–Crippen MR) is 119 cm³/mol. The molecule has 158 valence electrons. The summed E-state index contributed by atoms with van der Waals surface area (Å²) in [7, 11) is 0. The van der Waals surface area contributed by atoms with E-state index in [-0.39, 0.29) is 5.56 Å². The number of halogens is 3. The van der Waals surface area contributed by atoms with Crippen molar-refractivity contribution in [3.8, 4) is 11.8 Å². The van der Waals surface area contributed by atoms with Crippen LogP contribution in [0.2, 0.25) is 0 Å². The minimum absolute atomic E-state index is 0.122. The highest BCUT2D eigenvalue weighted by Crippen LogP contribution is 2.33. The molecule has 0 N–H and O–H groups in total. The highest BCUT2D eigenvalue weighted by Gasteiger charge is 2.20. The molecule has 0 spiro atoms. The Balaban J connectivity index is 1.47. The number of hydrogen-bond acceptors (Lipinski definition) is 0. The summed E-state index contributed by atoms with van der Waals surface area (Å²) in [5, 5.41) is 0. The molecule has 0 aliphatic heterocycles. The van der Waals surface area contributed by atoms with Gasteiger partial charge >= 0.3 is 0 Å². The van der Waals surface area contributed by atoms with Gasteiger partial charge in [0.2, 0.25) is 0 Å². The van der Waals surface area contributed by atoms with E-state index in [0.717, 1.165) is 43.4 Å². The van der Waals surface area contributed by atoms with Gasteiger partial charge in [0, 0.05) is 11.1 Å². The monoisotopic (exact) mass is 418 g/mol. The molecule has 0 aromatic heterocycles. The first-order chi connectivity index (χ1) is 15.0. The SMILES string of the molecule is CCCCc1ccc(C2CCc3cc(C#Cc4cc(F)c(F)c(F)c4)ccc3C2)cc1. The Bertz CT molecular complexity index is 1110. The second-order valence-electron chi connectivity index (χ2n) is 8.27. The molecule has 3 heteroatoms. The van der Waals surface area contributed by atoms with Crippen LogP contribution in [0.15, 0.2) is 54.6 Å². The van der Waals surface area contributed by atoms with Crippen molar-refractivity contribution >= 4 is 0 Å². The second-order valence-corrected chi connectivity index (χ2v) is 8.27. The first-order valence-corrected chi connectivity index (χ1v) is 10.9. The van der Waals surface area contributed by atoms with Crippen LogP contribution in [-0.2, 0) is 19.3 Å². The first-order valence-electron chi connectivity index (χ1n) is 10.9. The van der Waals surface area contributed by atoms with Gasteiger partial charge in [0.15, 0.2) is 17.5 Å². The highest BCUT2D eigenvalue weighted by atomic mass is 19.2. The van der Waals surface area contributed by atoms with Crippen molar-refractivity contribution in [1.29, 1.82) is 0 Å². The summed E-state index contributed by atoms with van der Waals surface area (Å²) in [6.07, 6.45) is 6.66. The molecule has 1 atom stereocenters. The molecule has 0 bridgehead atoms. The molecule has 1 unspecified atom stereocenters. The average Bonchev–Trinajstić information content (AvgIpc) is 2.79. The van der Waals surface area contributed by atoms with Gasteiger partial charge in [-0.1, -0.05) is 55.5 Å². The van der Waals surface area contributed by atoms with Crippen molar-refractivity contribution in [2.24, 2.45) is 0 Å². The first kappa shape index (κ1) is 21.2. The molecule has 0 nitrogen and oxygen atoms in total. The topological polar surface area (TPSA) is 0 Å². The van der Waals surface area contributed by atoms with Gasteiger partial charge in [-0.2, -0.15) is 0 Å². The van der Waals surface area contributed by atoms with Crippen LogP contribution < -0.4 is 0 Å². The smallest absolute Gasteiger partial charge is 0.194 e. The van der Waals surface area contributed by atoms with Gasteiger partial charge in [-0.05, 0) is 84.5 Å². The van der Waals surface area contributed by atoms with Crippen molar-refractivity contribution in [3.63, 3.8) is 0 Å². The van der Waals surface area contributed by atoms with E-state index in [4.69, 9.17) is 0 Å². The van der Waals surface area contributed by atoms with Gasteiger partial charge in [0.25, 0.3) is 0 Å². The fraction of sp³-hybridized carbons (Fsp3) is 0.286. The zero-order chi connectivity index (χ0) is 21.8. The minimum Gasteiger partial charge on any atom is -0.204 e. The maximum Gasteiger partial charge on any atom is 0.194 e. The Morgan fingerprint density at radius 3 is 2.26 bits per heavy atom. The third kappa shape index (κ3) is 5.02. The van der Waals surface area contributed by atoms with Gasteiger partial charge in [0.1, 0.15) is 0 Å². The van der Waals surface area contributed by atoms with Crippen LogP contribution in [0.1, 0.15) is 65.5 Å². The molecular weight excluding hydrogens is 393 g/mol. The minimum atomic E-state index is -1.47. The molecule has 0 saturated heterocycles. The van der Waals surface area contributed by atoms with Gasteiger partial charge in [0.05, 0.1) is 0 Å². The Morgan fingerprint density at radius 2 is 1.55 bits per heavy atom. The van der Waals surface area contributed by atoms with E-state index in [9.17, 15) is 13.2 Å². The number of aryl methyl sites for hydroxylation is 2. The molecular formula is C28H25F3. The number of hydrogen-bond donors (Lipinski definition) is 0. The van der Waals surface area contributed by atoms with Crippen molar-refractivity contribution in [1.82, 2.24) is 0 Å². The molecule has 3 aromatic carbocycles. The molecule has 0 saturated carbocycles. The lowest BCUT2D eigenvalue weighted by Gasteiger charge is -2.25. The Hall–Kier alpha value is -2.99. The normalized spacial score (nSPS) is 15.2. The lowest BCUT2D eigenvalue weighted by atomic mass is 9.79. The van der Waals surface area contributed by atoms with E-state index >= 15 is 0 Å². The van der Waals surface area contributed by atoms with Crippen molar-refractivity contribution in [2.75, 3.05) is 0 Å². The number of fused-ring (bicyclic) bond motifs is 1. The molecule has 0 heterocycles. The number of benzene rings is 3. The summed E-state index contributed by atoms with van der Waals surface area (Å²) in [6, 6.07) is 17.0. The molecule has 1 aliphatic rings. The molecule has 4 rings (SSSR count). The van der Waals surface area contributed by atoms with Gasteiger partial charge in [-0.25, -0.2) is 13.2 Å².